The Labute approximate surface area is 130 Å². The van der Waals surface area contributed by atoms with Gasteiger partial charge >= 0.3 is 0 Å². The molecule has 2 atom stereocenters. The van der Waals surface area contributed by atoms with Crippen LogP contribution >= 0.6 is 15.9 Å². The number of hydrogen-bond donors (Lipinski definition) is 1. The number of methoxy groups -OCH3 is 1. The van der Waals surface area contributed by atoms with E-state index in [0.717, 1.165) is 36.1 Å². The van der Waals surface area contributed by atoms with Crippen LogP contribution in [0.3, 0.4) is 0 Å². The first-order valence-electron chi connectivity index (χ1n) is 7.20. The predicted octanol–water partition coefficient (Wildman–Crippen LogP) is 3.33. The fourth-order valence-electron chi connectivity index (χ4n) is 2.87. The zero-order valence-corrected chi connectivity index (χ0v) is 14.3. The Morgan fingerprint density at radius 2 is 2.25 bits per heavy atom. The molecule has 1 aliphatic heterocycles. The molecule has 112 valence electrons. The van der Waals surface area contributed by atoms with Crippen LogP contribution in [0.15, 0.2) is 16.6 Å². The molecule has 1 aromatic carbocycles. The molecule has 1 heterocycles. The van der Waals surface area contributed by atoms with Crippen LogP contribution in [0.25, 0.3) is 0 Å². The summed E-state index contributed by atoms with van der Waals surface area (Å²) >= 11 is 3.60. The molecule has 2 rings (SSSR count). The summed E-state index contributed by atoms with van der Waals surface area (Å²) in [4.78, 5) is 0. The van der Waals surface area contributed by atoms with Crippen molar-refractivity contribution in [1.29, 1.82) is 0 Å². The predicted molar refractivity (Wildman–Crippen MR) is 85.6 cm³/mol. The lowest BCUT2D eigenvalue weighted by Crippen LogP contribution is -2.49. The molecule has 0 bridgehead atoms. The van der Waals surface area contributed by atoms with E-state index in [-0.39, 0.29) is 11.6 Å². The van der Waals surface area contributed by atoms with Gasteiger partial charge in [0.1, 0.15) is 5.75 Å². The Balaban J connectivity index is 2.29. The third-order valence-electron chi connectivity index (χ3n) is 4.50. The van der Waals surface area contributed by atoms with Gasteiger partial charge in [0, 0.05) is 24.0 Å². The van der Waals surface area contributed by atoms with Crippen molar-refractivity contribution in [2.45, 2.75) is 44.8 Å². The van der Waals surface area contributed by atoms with Crippen molar-refractivity contribution in [3.05, 3.63) is 27.7 Å². The second kappa shape index (κ2) is 6.46. The van der Waals surface area contributed by atoms with Crippen LogP contribution in [0.2, 0.25) is 0 Å². The van der Waals surface area contributed by atoms with Crippen LogP contribution < -0.4 is 10.1 Å². The lowest BCUT2D eigenvalue weighted by molar-refractivity contribution is -0.0269. The summed E-state index contributed by atoms with van der Waals surface area (Å²) in [5, 5.41) is 3.41. The monoisotopic (exact) mass is 341 g/mol. The highest BCUT2D eigenvalue weighted by Crippen LogP contribution is 2.35. The molecule has 1 aromatic rings. The second-order valence-electron chi connectivity index (χ2n) is 5.57. The van der Waals surface area contributed by atoms with Gasteiger partial charge in [0.15, 0.2) is 0 Å². The summed E-state index contributed by atoms with van der Waals surface area (Å²) in [5.41, 5.74) is 2.38. The van der Waals surface area contributed by atoms with Crippen molar-refractivity contribution >= 4 is 15.9 Å². The first-order valence-corrected chi connectivity index (χ1v) is 8.00. The third-order valence-corrected chi connectivity index (χ3v) is 4.96. The fraction of sp³-hybridized carbons (Fsp3) is 0.625. The summed E-state index contributed by atoms with van der Waals surface area (Å²) in [7, 11) is 3.78. The molecular formula is C16H24BrNO2. The number of rotatable bonds is 6. The Morgan fingerprint density at radius 1 is 1.50 bits per heavy atom. The molecule has 1 aliphatic rings. The highest BCUT2D eigenvalue weighted by molar-refractivity contribution is 9.10. The maximum atomic E-state index is 5.82. The van der Waals surface area contributed by atoms with Gasteiger partial charge in [-0.1, -0.05) is 22.9 Å². The van der Waals surface area contributed by atoms with E-state index in [1.165, 1.54) is 11.1 Å². The average Bonchev–Trinajstić information content (AvgIpc) is 2.91. The lowest BCUT2D eigenvalue weighted by atomic mass is 9.87. The summed E-state index contributed by atoms with van der Waals surface area (Å²) in [5.74, 6) is 1.07. The van der Waals surface area contributed by atoms with Crippen LogP contribution in [0, 0.1) is 0 Å². The van der Waals surface area contributed by atoms with Crippen LogP contribution in [0.4, 0.5) is 0 Å². The van der Waals surface area contributed by atoms with Crippen LogP contribution in [0.5, 0.6) is 5.75 Å². The van der Waals surface area contributed by atoms with Crippen LogP contribution in [-0.4, -0.2) is 32.4 Å². The van der Waals surface area contributed by atoms with Crippen molar-refractivity contribution in [2.75, 3.05) is 20.8 Å². The Hall–Kier alpha value is -0.580. The normalized spacial score (nSPS) is 18.2. The van der Waals surface area contributed by atoms with Crippen LogP contribution in [0.1, 0.15) is 31.4 Å². The van der Waals surface area contributed by atoms with E-state index >= 15 is 0 Å². The van der Waals surface area contributed by atoms with E-state index in [1.807, 2.05) is 7.05 Å². The average molecular weight is 342 g/mol. The largest absolute Gasteiger partial charge is 0.493 e. The zero-order chi connectivity index (χ0) is 14.8. The molecule has 4 heteroatoms. The van der Waals surface area contributed by atoms with Crippen molar-refractivity contribution in [3.63, 3.8) is 0 Å². The molecule has 0 fully saturated rings. The molecule has 0 spiro atoms. The fourth-order valence-corrected chi connectivity index (χ4v) is 3.43. The smallest absolute Gasteiger partial charge is 0.125 e. The van der Waals surface area contributed by atoms with Crippen molar-refractivity contribution in [1.82, 2.24) is 5.32 Å². The van der Waals surface area contributed by atoms with E-state index in [4.69, 9.17) is 9.47 Å². The van der Waals surface area contributed by atoms with E-state index < -0.39 is 0 Å². The molecule has 0 amide bonds. The quantitative estimate of drug-likeness (QED) is 0.860. The van der Waals surface area contributed by atoms with Gasteiger partial charge in [-0.2, -0.15) is 0 Å². The number of ether oxygens (including phenoxy) is 2. The number of benzene rings is 1. The molecule has 2 unspecified atom stereocenters. The van der Waals surface area contributed by atoms with Gasteiger partial charge in [-0.3, -0.25) is 0 Å². The van der Waals surface area contributed by atoms with Crippen molar-refractivity contribution in [2.24, 2.45) is 0 Å². The van der Waals surface area contributed by atoms with Gasteiger partial charge < -0.3 is 14.8 Å². The summed E-state index contributed by atoms with van der Waals surface area (Å²) in [6.07, 6.45) is 2.86. The summed E-state index contributed by atoms with van der Waals surface area (Å²) < 4.78 is 12.7. The number of hydrogen-bond acceptors (Lipinski definition) is 3. The number of nitrogens with one attached hydrogen (secondary N) is 1. The van der Waals surface area contributed by atoms with Crippen molar-refractivity contribution < 1.29 is 9.47 Å². The van der Waals surface area contributed by atoms with Crippen molar-refractivity contribution in [3.8, 4) is 5.75 Å². The molecule has 0 aromatic heterocycles. The van der Waals surface area contributed by atoms with E-state index in [0.29, 0.717) is 0 Å². The Bertz CT molecular complexity index is 472. The molecule has 0 aliphatic carbocycles. The Morgan fingerprint density at radius 3 is 2.85 bits per heavy atom. The van der Waals surface area contributed by atoms with E-state index in [9.17, 15) is 0 Å². The molecule has 0 saturated carbocycles. The maximum Gasteiger partial charge on any atom is 0.125 e. The maximum absolute atomic E-state index is 5.82. The Kier molecular flexibility index (Phi) is 5.10. The van der Waals surface area contributed by atoms with Gasteiger partial charge in [-0.15, -0.1) is 0 Å². The van der Waals surface area contributed by atoms with Crippen LogP contribution in [-0.2, 0) is 17.6 Å². The third kappa shape index (κ3) is 3.02. The minimum atomic E-state index is -0.178. The topological polar surface area (TPSA) is 30.5 Å². The summed E-state index contributed by atoms with van der Waals surface area (Å²) in [6.45, 7) is 5.11. The highest BCUT2D eigenvalue weighted by atomic mass is 79.9. The molecule has 0 saturated heterocycles. The summed E-state index contributed by atoms with van der Waals surface area (Å²) in [6, 6.07) is 4.58. The highest BCUT2D eigenvalue weighted by Gasteiger charge is 2.33. The molecule has 1 N–H and O–H groups in total. The number of likely N-dealkylation sites (N-methyl/N-ethyl adjacent to an activating group) is 1. The second-order valence-corrected chi connectivity index (χ2v) is 6.48. The van der Waals surface area contributed by atoms with Gasteiger partial charge in [0.2, 0.25) is 0 Å². The SMILES string of the molecule is CCC(C)(OC)C(Cc1cc(Br)cc2c1OCC2)NC. The minimum absolute atomic E-state index is 0.178. The lowest BCUT2D eigenvalue weighted by Gasteiger charge is -2.36. The molecular weight excluding hydrogens is 318 g/mol. The molecule has 0 radical (unpaired) electrons. The standard InChI is InChI=1S/C16H24BrNO2/c1-5-16(2,19-4)14(18-3)10-12-9-13(17)8-11-6-7-20-15(11)12/h8-9,14,18H,5-7,10H2,1-4H3. The zero-order valence-electron chi connectivity index (χ0n) is 12.8. The van der Waals surface area contributed by atoms with Gasteiger partial charge in [0.25, 0.3) is 0 Å². The molecule has 20 heavy (non-hydrogen) atoms. The first-order chi connectivity index (χ1) is 9.54. The van der Waals surface area contributed by atoms with E-state index in [2.05, 4.69) is 47.2 Å². The first kappa shape index (κ1) is 15.8. The van der Waals surface area contributed by atoms with Gasteiger partial charge in [0.05, 0.1) is 12.2 Å². The van der Waals surface area contributed by atoms with Gasteiger partial charge in [-0.05, 0) is 50.1 Å². The molecule has 3 nitrogen and oxygen atoms in total. The minimum Gasteiger partial charge on any atom is -0.493 e. The van der Waals surface area contributed by atoms with Gasteiger partial charge in [-0.25, -0.2) is 0 Å². The van der Waals surface area contributed by atoms with E-state index in [1.54, 1.807) is 7.11 Å². The number of fused-ring (bicyclic) bond motifs is 1. The number of halogens is 1.